The molecule has 5 nitrogen and oxygen atoms in total. The molecule has 2 N–H and O–H groups in total. The van der Waals surface area contributed by atoms with Gasteiger partial charge in [-0.2, -0.15) is 0 Å². The molecular weight excluding hydrogens is 272 g/mol. The minimum atomic E-state index is -0.117. The van der Waals surface area contributed by atoms with Gasteiger partial charge in [-0.05, 0) is 19.1 Å². The van der Waals surface area contributed by atoms with E-state index in [2.05, 4.69) is 15.3 Å². The number of hydrogen-bond donors (Lipinski definition) is 2. The van der Waals surface area contributed by atoms with E-state index < -0.39 is 0 Å². The van der Waals surface area contributed by atoms with Crippen LogP contribution in [0.2, 0.25) is 0 Å². The number of aromatic amines is 1. The second-order valence-corrected chi connectivity index (χ2v) is 6.22. The third-order valence-corrected chi connectivity index (χ3v) is 4.40. The number of nitrogens with one attached hydrogen (secondary N) is 2. The average molecular weight is 290 g/mol. The van der Waals surface area contributed by atoms with Crippen LogP contribution in [0.3, 0.4) is 0 Å². The van der Waals surface area contributed by atoms with E-state index in [0.717, 1.165) is 42.4 Å². The van der Waals surface area contributed by atoms with Crippen LogP contribution in [0.25, 0.3) is 11.0 Å². The number of piperazine rings is 1. The average Bonchev–Trinajstić information content (AvgIpc) is 2.89. The first kappa shape index (κ1) is 13.5. The predicted molar refractivity (Wildman–Crippen MR) is 80.9 cm³/mol. The van der Waals surface area contributed by atoms with Crippen LogP contribution in [-0.2, 0) is 4.79 Å². The lowest BCUT2D eigenvalue weighted by molar-refractivity contribution is -0.130. The summed E-state index contributed by atoms with van der Waals surface area (Å²) < 4.78 is 0. The number of amides is 1. The zero-order valence-corrected chi connectivity index (χ0v) is 12.2. The van der Waals surface area contributed by atoms with E-state index in [1.807, 2.05) is 36.1 Å². The molecule has 1 aromatic carbocycles. The lowest BCUT2D eigenvalue weighted by atomic mass is 10.3. The number of fused-ring (bicyclic) bond motifs is 1. The van der Waals surface area contributed by atoms with Crippen LogP contribution in [0.15, 0.2) is 29.4 Å². The first-order chi connectivity index (χ1) is 9.74. The molecule has 0 saturated carbocycles. The third-order valence-electron chi connectivity index (χ3n) is 3.43. The largest absolute Gasteiger partial charge is 0.339 e. The molecular formula is C14H18N4OS. The van der Waals surface area contributed by atoms with Gasteiger partial charge >= 0.3 is 0 Å². The number of aromatic nitrogens is 2. The van der Waals surface area contributed by atoms with Crippen LogP contribution >= 0.6 is 11.8 Å². The van der Waals surface area contributed by atoms with Crippen molar-refractivity contribution >= 4 is 28.7 Å². The second kappa shape index (κ2) is 5.85. The topological polar surface area (TPSA) is 61.0 Å². The van der Waals surface area contributed by atoms with Gasteiger partial charge in [0, 0.05) is 26.2 Å². The normalized spacial score (nSPS) is 17.4. The lowest BCUT2D eigenvalue weighted by Gasteiger charge is -2.29. The van der Waals surface area contributed by atoms with Crippen molar-refractivity contribution in [2.24, 2.45) is 0 Å². The predicted octanol–water partition coefficient (Wildman–Crippen LogP) is 1.48. The quantitative estimate of drug-likeness (QED) is 0.841. The van der Waals surface area contributed by atoms with Crippen LogP contribution in [0.5, 0.6) is 0 Å². The van der Waals surface area contributed by atoms with Crippen molar-refractivity contribution in [3.05, 3.63) is 24.3 Å². The number of carbonyl (C=O) groups is 1. The van der Waals surface area contributed by atoms with Crippen LogP contribution in [-0.4, -0.2) is 52.2 Å². The van der Waals surface area contributed by atoms with Crippen LogP contribution in [0, 0.1) is 0 Å². The lowest BCUT2D eigenvalue weighted by Crippen LogP contribution is -2.48. The number of imidazole rings is 1. The number of H-pyrrole nitrogens is 1. The summed E-state index contributed by atoms with van der Waals surface area (Å²) in [5.74, 6) is 0.192. The van der Waals surface area contributed by atoms with E-state index in [-0.39, 0.29) is 11.2 Å². The second-order valence-electron chi connectivity index (χ2n) is 4.89. The van der Waals surface area contributed by atoms with Gasteiger partial charge in [0.1, 0.15) is 0 Å². The highest BCUT2D eigenvalue weighted by molar-refractivity contribution is 8.00. The molecule has 3 rings (SSSR count). The van der Waals surface area contributed by atoms with E-state index in [4.69, 9.17) is 0 Å². The Morgan fingerprint density at radius 2 is 2.10 bits per heavy atom. The molecule has 1 amide bonds. The maximum atomic E-state index is 12.4. The van der Waals surface area contributed by atoms with E-state index in [0.29, 0.717) is 0 Å². The summed E-state index contributed by atoms with van der Waals surface area (Å²) in [4.78, 5) is 22.0. The molecule has 1 aromatic heterocycles. The van der Waals surface area contributed by atoms with Gasteiger partial charge in [0.25, 0.3) is 0 Å². The SMILES string of the molecule is CC(Sc1nc2ccccc2[nH]1)C(=O)N1CCNCC1. The zero-order valence-electron chi connectivity index (χ0n) is 11.4. The van der Waals surface area contributed by atoms with Gasteiger partial charge in [0.15, 0.2) is 5.16 Å². The molecule has 2 heterocycles. The standard InChI is InChI=1S/C14H18N4OS/c1-10(13(19)18-8-6-15-7-9-18)20-14-16-11-4-2-3-5-12(11)17-14/h2-5,10,15H,6-9H2,1H3,(H,16,17). The van der Waals surface area contributed by atoms with Gasteiger partial charge in [-0.15, -0.1) is 0 Å². The Balaban J connectivity index is 1.68. The summed E-state index contributed by atoms with van der Waals surface area (Å²) in [6, 6.07) is 7.91. The van der Waals surface area contributed by atoms with Crippen molar-refractivity contribution in [1.82, 2.24) is 20.2 Å². The molecule has 1 aliphatic heterocycles. The smallest absolute Gasteiger partial charge is 0.235 e. The van der Waals surface area contributed by atoms with E-state index in [9.17, 15) is 4.79 Å². The maximum Gasteiger partial charge on any atom is 0.235 e. The maximum absolute atomic E-state index is 12.4. The Hall–Kier alpha value is -1.53. The molecule has 20 heavy (non-hydrogen) atoms. The van der Waals surface area contributed by atoms with Crippen LogP contribution < -0.4 is 5.32 Å². The summed E-state index contributed by atoms with van der Waals surface area (Å²) in [7, 11) is 0. The molecule has 1 unspecified atom stereocenters. The molecule has 106 valence electrons. The molecule has 0 spiro atoms. The minimum Gasteiger partial charge on any atom is -0.339 e. The van der Waals surface area contributed by atoms with Gasteiger partial charge in [-0.3, -0.25) is 4.79 Å². The fourth-order valence-electron chi connectivity index (χ4n) is 2.35. The van der Waals surface area contributed by atoms with Gasteiger partial charge < -0.3 is 15.2 Å². The summed E-state index contributed by atoms with van der Waals surface area (Å²) in [5, 5.41) is 3.95. The Morgan fingerprint density at radius 1 is 1.35 bits per heavy atom. The molecule has 2 aromatic rings. The highest BCUT2D eigenvalue weighted by Crippen LogP contribution is 2.24. The minimum absolute atomic E-state index is 0.117. The molecule has 1 atom stereocenters. The van der Waals surface area contributed by atoms with Crippen molar-refractivity contribution in [3.63, 3.8) is 0 Å². The molecule has 0 radical (unpaired) electrons. The number of thioether (sulfide) groups is 1. The van der Waals surface area contributed by atoms with E-state index in [1.54, 1.807) is 0 Å². The van der Waals surface area contributed by atoms with Gasteiger partial charge in [-0.25, -0.2) is 4.98 Å². The van der Waals surface area contributed by atoms with Crippen molar-refractivity contribution in [3.8, 4) is 0 Å². The van der Waals surface area contributed by atoms with E-state index >= 15 is 0 Å². The Labute approximate surface area is 122 Å². The molecule has 0 bridgehead atoms. The monoisotopic (exact) mass is 290 g/mol. The first-order valence-corrected chi connectivity index (χ1v) is 7.73. The fourth-order valence-corrected chi connectivity index (χ4v) is 3.25. The number of para-hydroxylation sites is 2. The number of rotatable bonds is 3. The highest BCUT2D eigenvalue weighted by atomic mass is 32.2. The zero-order chi connectivity index (χ0) is 13.9. The third kappa shape index (κ3) is 2.81. The Kier molecular flexibility index (Phi) is 3.93. The summed E-state index contributed by atoms with van der Waals surface area (Å²) in [5.41, 5.74) is 1.95. The molecule has 6 heteroatoms. The number of nitrogens with zero attached hydrogens (tertiary/aromatic N) is 2. The number of hydrogen-bond acceptors (Lipinski definition) is 4. The summed E-state index contributed by atoms with van der Waals surface area (Å²) in [6.07, 6.45) is 0. The van der Waals surface area contributed by atoms with Gasteiger partial charge in [0.2, 0.25) is 5.91 Å². The Bertz CT molecular complexity index is 573. The van der Waals surface area contributed by atoms with E-state index in [1.165, 1.54) is 11.8 Å². The van der Waals surface area contributed by atoms with Crippen molar-refractivity contribution in [2.45, 2.75) is 17.3 Å². The van der Waals surface area contributed by atoms with Crippen LogP contribution in [0.1, 0.15) is 6.92 Å². The van der Waals surface area contributed by atoms with Crippen LogP contribution in [0.4, 0.5) is 0 Å². The first-order valence-electron chi connectivity index (χ1n) is 6.85. The molecule has 1 fully saturated rings. The molecule has 0 aliphatic carbocycles. The number of carbonyl (C=O) groups excluding carboxylic acids is 1. The summed E-state index contributed by atoms with van der Waals surface area (Å²) >= 11 is 1.49. The highest BCUT2D eigenvalue weighted by Gasteiger charge is 2.23. The fraction of sp³-hybridized carbons (Fsp3) is 0.429. The number of benzene rings is 1. The van der Waals surface area contributed by atoms with Gasteiger partial charge in [0.05, 0.1) is 16.3 Å². The molecule has 1 aliphatic rings. The van der Waals surface area contributed by atoms with Crippen molar-refractivity contribution in [1.29, 1.82) is 0 Å². The molecule has 1 saturated heterocycles. The Morgan fingerprint density at radius 3 is 2.85 bits per heavy atom. The van der Waals surface area contributed by atoms with Gasteiger partial charge in [-0.1, -0.05) is 23.9 Å². The van der Waals surface area contributed by atoms with Crippen molar-refractivity contribution in [2.75, 3.05) is 26.2 Å². The summed E-state index contributed by atoms with van der Waals surface area (Å²) in [6.45, 7) is 5.30. The van der Waals surface area contributed by atoms with Crippen molar-refractivity contribution < 1.29 is 4.79 Å².